The lowest BCUT2D eigenvalue weighted by Crippen LogP contribution is -1.96. The topological polar surface area (TPSA) is 12.9 Å². The predicted octanol–water partition coefficient (Wildman–Crippen LogP) is 3.53. The zero-order valence-corrected chi connectivity index (χ0v) is 9.24. The summed E-state index contributed by atoms with van der Waals surface area (Å²) in [7, 11) is 0. The van der Waals surface area contributed by atoms with Crippen LogP contribution in [-0.4, -0.2) is 4.98 Å². The Labute approximate surface area is 88.6 Å². The lowest BCUT2D eigenvalue weighted by atomic mass is 10.3. The number of alkyl halides is 2. The Morgan fingerprint density at radius 1 is 1.50 bits per heavy atom. The van der Waals surface area contributed by atoms with E-state index in [1.807, 2.05) is 0 Å². The summed E-state index contributed by atoms with van der Waals surface area (Å²) in [6.07, 6.45) is -2.04. The number of pyridine rings is 1. The van der Waals surface area contributed by atoms with E-state index in [9.17, 15) is 13.2 Å². The van der Waals surface area contributed by atoms with E-state index in [1.165, 1.54) is 0 Å². The number of hydrogen-bond donors (Lipinski definition) is 0. The first kappa shape index (κ1) is 10.2. The molecule has 0 atom stereocenters. The quantitative estimate of drug-likeness (QED) is 0.557. The van der Waals surface area contributed by atoms with E-state index < -0.39 is 17.8 Å². The highest BCUT2D eigenvalue weighted by Crippen LogP contribution is 2.31. The maximum atomic E-state index is 12.7. The standard InChI is InChI=1S/C6H2BrF3IN/c7-4-3(5(9)10)2(8)1-12-6(4)11/h1,5H. The van der Waals surface area contributed by atoms with E-state index in [0.29, 0.717) is 3.70 Å². The largest absolute Gasteiger partial charge is 0.267 e. The molecule has 12 heavy (non-hydrogen) atoms. The van der Waals surface area contributed by atoms with Crippen molar-refractivity contribution in [3.63, 3.8) is 0 Å². The van der Waals surface area contributed by atoms with Crippen LogP contribution in [0.3, 0.4) is 0 Å². The van der Waals surface area contributed by atoms with Gasteiger partial charge in [-0.15, -0.1) is 0 Å². The minimum atomic E-state index is -2.82. The molecule has 0 N–H and O–H groups in total. The van der Waals surface area contributed by atoms with Crippen LogP contribution in [0, 0.1) is 9.52 Å². The van der Waals surface area contributed by atoms with E-state index in [2.05, 4.69) is 20.9 Å². The van der Waals surface area contributed by atoms with Crippen LogP contribution in [0.2, 0.25) is 0 Å². The molecule has 1 aromatic heterocycles. The number of halogens is 5. The predicted molar refractivity (Wildman–Crippen MR) is 49.6 cm³/mol. The molecule has 0 saturated heterocycles. The fraction of sp³-hybridized carbons (Fsp3) is 0.167. The zero-order chi connectivity index (χ0) is 9.30. The maximum Gasteiger partial charge on any atom is 0.267 e. The molecule has 0 unspecified atom stereocenters. The van der Waals surface area contributed by atoms with Crippen molar-refractivity contribution in [3.8, 4) is 0 Å². The van der Waals surface area contributed by atoms with Crippen molar-refractivity contribution in [1.29, 1.82) is 0 Å². The fourth-order valence-electron chi connectivity index (χ4n) is 0.656. The van der Waals surface area contributed by atoms with Crippen LogP contribution in [0.1, 0.15) is 12.0 Å². The average Bonchev–Trinajstić information content (AvgIpc) is 1.97. The normalized spacial score (nSPS) is 10.8. The molecule has 1 rings (SSSR count). The van der Waals surface area contributed by atoms with Crippen LogP contribution in [-0.2, 0) is 0 Å². The van der Waals surface area contributed by atoms with Gasteiger partial charge in [0, 0.05) is 0 Å². The van der Waals surface area contributed by atoms with Crippen LogP contribution in [0.15, 0.2) is 10.7 Å². The molecule has 0 bridgehead atoms. The van der Waals surface area contributed by atoms with Crippen LogP contribution in [0.25, 0.3) is 0 Å². The first-order chi connectivity index (χ1) is 5.54. The van der Waals surface area contributed by atoms with Crippen LogP contribution in [0.5, 0.6) is 0 Å². The second-order valence-electron chi connectivity index (χ2n) is 1.93. The van der Waals surface area contributed by atoms with Crippen molar-refractivity contribution >= 4 is 38.5 Å². The molecule has 1 heterocycles. The Morgan fingerprint density at radius 2 is 2.08 bits per heavy atom. The third-order valence-electron chi connectivity index (χ3n) is 1.18. The van der Waals surface area contributed by atoms with Gasteiger partial charge in [0.15, 0.2) is 5.82 Å². The summed E-state index contributed by atoms with van der Waals surface area (Å²) in [5, 5.41) is 0. The third kappa shape index (κ3) is 1.90. The minimum absolute atomic E-state index is 0.0260. The molecule has 0 radical (unpaired) electrons. The van der Waals surface area contributed by atoms with Crippen molar-refractivity contribution in [3.05, 3.63) is 25.8 Å². The van der Waals surface area contributed by atoms with Gasteiger partial charge in [-0.25, -0.2) is 18.2 Å². The maximum absolute atomic E-state index is 12.7. The Kier molecular flexibility index (Phi) is 3.33. The van der Waals surface area contributed by atoms with Gasteiger partial charge in [-0.05, 0) is 38.5 Å². The van der Waals surface area contributed by atoms with E-state index >= 15 is 0 Å². The van der Waals surface area contributed by atoms with E-state index in [4.69, 9.17) is 0 Å². The molecule has 0 saturated carbocycles. The summed E-state index contributed by atoms with van der Waals surface area (Å²) < 4.78 is 37.4. The number of rotatable bonds is 1. The Hall–Kier alpha value is 0.150. The second kappa shape index (κ2) is 3.91. The van der Waals surface area contributed by atoms with Crippen molar-refractivity contribution in [2.75, 3.05) is 0 Å². The molecule has 0 aliphatic heterocycles. The van der Waals surface area contributed by atoms with Gasteiger partial charge >= 0.3 is 0 Å². The van der Waals surface area contributed by atoms with Crippen LogP contribution < -0.4 is 0 Å². The average molecular weight is 352 g/mol. The lowest BCUT2D eigenvalue weighted by molar-refractivity contribution is 0.145. The molecule has 1 nitrogen and oxygen atoms in total. The smallest absolute Gasteiger partial charge is 0.246 e. The summed E-state index contributed by atoms with van der Waals surface area (Å²) >= 11 is 4.58. The fourth-order valence-corrected chi connectivity index (χ4v) is 1.55. The monoisotopic (exact) mass is 351 g/mol. The van der Waals surface area contributed by atoms with Crippen molar-refractivity contribution in [2.45, 2.75) is 6.43 Å². The SMILES string of the molecule is Fc1cnc(I)c(Br)c1C(F)F. The number of nitrogens with zero attached hydrogens (tertiary/aromatic N) is 1. The van der Waals surface area contributed by atoms with E-state index in [0.717, 1.165) is 6.20 Å². The second-order valence-corrected chi connectivity index (χ2v) is 3.74. The highest BCUT2D eigenvalue weighted by atomic mass is 127. The molecule has 1 aromatic rings. The summed E-state index contributed by atoms with van der Waals surface area (Å²) in [5.41, 5.74) is -0.630. The van der Waals surface area contributed by atoms with Crippen LogP contribution in [0.4, 0.5) is 13.2 Å². The Balaban J connectivity index is 3.33. The number of aromatic nitrogens is 1. The van der Waals surface area contributed by atoms with Gasteiger partial charge < -0.3 is 0 Å². The molecule has 0 fully saturated rings. The Bertz CT molecular complexity index is 305. The zero-order valence-electron chi connectivity index (χ0n) is 5.49. The van der Waals surface area contributed by atoms with Crippen molar-refractivity contribution in [2.24, 2.45) is 0 Å². The molecule has 0 amide bonds. The van der Waals surface area contributed by atoms with Crippen LogP contribution >= 0.6 is 38.5 Å². The summed E-state index contributed by atoms with van der Waals surface area (Å²) in [6.45, 7) is 0. The van der Waals surface area contributed by atoms with Gasteiger partial charge in [-0.1, -0.05) is 0 Å². The summed E-state index contributed by atoms with van der Waals surface area (Å²) in [4.78, 5) is 3.55. The highest BCUT2D eigenvalue weighted by molar-refractivity contribution is 14.1. The van der Waals surface area contributed by atoms with Gasteiger partial charge in [0.2, 0.25) is 0 Å². The van der Waals surface area contributed by atoms with E-state index in [-0.39, 0.29) is 4.47 Å². The van der Waals surface area contributed by atoms with Gasteiger partial charge in [0.25, 0.3) is 6.43 Å². The summed E-state index contributed by atoms with van der Waals surface area (Å²) in [5.74, 6) is -0.989. The van der Waals surface area contributed by atoms with Gasteiger partial charge in [0.1, 0.15) is 3.70 Å². The number of hydrogen-bond acceptors (Lipinski definition) is 1. The van der Waals surface area contributed by atoms with Gasteiger partial charge in [-0.3, -0.25) is 0 Å². The third-order valence-corrected chi connectivity index (χ3v) is 3.55. The van der Waals surface area contributed by atoms with Gasteiger partial charge in [0.05, 0.1) is 16.2 Å². The summed E-state index contributed by atoms with van der Waals surface area (Å²) in [6, 6.07) is 0. The lowest BCUT2D eigenvalue weighted by Gasteiger charge is -2.04. The van der Waals surface area contributed by atoms with Crippen molar-refractivity contribution < 1.29 is 13.2 Å². The first-order valence-corrected chi connectivity index (χ1v) is 4.68. The molecule has 0 aliphatic carbocycles. The molecule has 66 valence electrons. The van der Waals surface area contributed by atoms with Gasteiger partial charge in [-0.2, -0.15) is 0 Å². The highest BCUT2D eigenvalue weighted by Gasteiger charge is 2.19. The molecule has 0 spiro atoms. The first-order valence-electron chi connectivity index (χ1n) is 2.81. The molecule has 0 aromatic carbocycles. The minimum Gasteiger partial charge on any atom is -0.246 e. The molecule has 6 heteroatoms. The van der Waals surface area contributed by atoms with Crippen molar-refractivity contribution in [1.82, 2.24) is 4.98 Å². The molecular weight excluding hydrogens is 350 g/mol. The van der Waals surface area contributed by atoms with E-state index in [1.54, 1.807) is 22.6 Å². The molecule has 0 aliphatic rings. The Morgan fingerprint density at radius 3 is 2.50 bits per heavy atom. The molecular formula is C6H2BrF3IN.